The van der Waals surface area contributed by atoms with Crippen LogP contribution in [0.2, 0.25) is 0 Å². The average Bonchev–Trinajstić information content (AvgIpc) is 3.44. The largest absolute Gasteiger partial charge is 0.231 e. The molecule has 0 spiro atoms. The third-order valence-electron chi connectivity index (χ3n) is 11.0. The van der Waals surface area contributed by atoms with Gasteiger partial charge in [-0.1, -0.05) is 172 Å². The van der Waals surface area contributed by atoms with Crippen LogP contribution in [0.3, 0.4) is 0 Å². The summed E-state index contributed by atoms with van der Waals surface area (Å²) in [6.07, 6.45) is 0. The zero-order valence-corrected chi connectivity index (χ0v) is 29.7. The number of rotatable bonds is 5. The third-order valence-corrected chi connectivity index (χ3v) is 11.0. The van der Waals surface area contributed by atoms with Gasteiger partial charge < -0.3 is 0 Å². The van der Waals surface area contributed by atoms with Gasteiger partial charge in [-0.05, 0) is 90.3 Å². The molecule has 0 bridgehead atoms. The Kier molecular flexibility index (Phi) is 7.19. The lowest BCUT2D eigenvalue weighted by Gasteiger charge is -2.21. The third kappa shape index (κ3) is 5.26. The monoisotopic (exact) mass is 676 g/mol. The highest BCUT2D eigenvalue weighted by atomic mass is 14.9. The lowest BCUT2D eigenvalue weighted by molar-refractivity contribution is 0.637. The predicted octanol–water partition coefficient (Wildman–Crippen LogP) is 13.4. The van der Waals surface area contributed by atoms with Gasteiger partial charge in [-0.2, -0.15) is 0 Å². The van der Waals surface area contributed by atoms with Gasteiger partial charge in [0.05, 0.1) is 11.4 Å². The second-order valence-electron chi connectivity index (χ2n) is 14.6. The summed E-state index contributed by atoms with van der Waals surface area (Å²) in [6.45, 7) is 4.62. The van der Waals surface area contributed by atoms with Crippen molar-refractivity contribution in [3.05, 3.63) is 193 Å². The minimum Gasteiger partial charge on any atom is -0.231 e. The number of fused-ring (bicyclic) bond motifs is 5. The molecule has 0 atom stereocenters. The van der Waals surface area contributed by atoms with Crippen LogP contribution in [0.5, 0.6) is 0 Å². The first-order valence-electron chi connectivity index (χ1n) is 18.3. The summed E-state index contributed by atoms with van der Waals surface area (Å²) in [7, 11) is 0. The second-order valence-corrected chi connectivity index (χ2v) is 14.6. The van der Waals surface area contributed by atoms with Gasteiger partial charge in [0, 0.05) is 22.1 Å². The van der Waals surface area contributed by atoms with Crippen LogP contribution in [-0.2, 0) is 5.41 Å². The molecule has 0 aliphatic heterocycles. The van der Waals surface area contributed by atoms with Gasteiger partial charge in [0.25, 0.3) is 0 Å². The first kappa shape index (κ1) is 31.1. The molecule has 0 N–H and O–H groups in total. The van der Waals surface area contributed by atoms with E-state index in [1.54, 1.807) is 0 Å². The van der Waals surface area contributed by atoms with E-state index in [2.05, 4.69) is 196 Å². The number of benzene rings is 8. The molecule has 0 amide bonds. The van der Waals surface area contributed by atoms with Crippen LogP contribution in [0.25, 0.3) is 88.7 Å². The maximum atomic E-state index is 5.50. The van der Waals surface area contributed by atoms with Crippen molar-refractivity contribution in [1.29, 1.82) is 0 Å². The van der Waals surface area contributed by atoms with E-state index in [9.17, 15) is 0 Å². The van der Waals surface area contributed by atoms with Crippen LogP contribution < -0.4 is 0 Å². The number of aromatic nitrogens is 2. The summed E-state index contributed by atoms with van der Waals surface area (Å²) in [5, 5.41) is 4.80. The summed E-state index contributed by atoms with van der Waals surface area (Å²) in [5.41, 5.74) is 14.6. The van der Waals surface area contributed by atoms with Crippen molar-refractivity contribution in [2.24, 2.45) is 0 Å². The predicted molar refractivity (Wildman–Crippen MR) is 222 cm³/mol. The molecule has 8 aromatic carbocycles. The zero-order valence-electron chi connectivity index (χ0n) is 29.7. The molecule has 0 saturated heterocycles. The molecule has 0 radical (unpaired) electrons. The van der Waals surface area contributed by atoms with E-state index in [4.69, 9.17) is 9.97 Å². The van der Waals surface area contributed by atoms with Gasteiger partial charge in [-0.25, -0.2) is 9.97 Å². The maximum absolute atomic E-state index is 5.50. The zero-order chi connectivity index (χ0) is 35.5. The lowest BCUT2D eigenvalue weighted by atomic mass is 9.84. The number of hydrogen-bond acceptors (Lipinski definition) is 2. The van der Waals surface area contributed by atoms with Crippen LogP contribution in [-0.4, -0.2) is 9.97 Å². The standard InChI is InChI=1S/C51H36N2/c1-51(2)46-32-41-17-7-6-16-40(41)31-45(46)47-48(52-50(53-49(47)51)44-24-12-18-36-15-8-9-23-43(36)44)42-22-11-21-39(30-42)38-20-10-19-37(29-38)35-27-25-34(26-28-35)33-13-4-3-5-14-33/h3-32H,1-2H3. The van der Waals surface area contributed by atoms with E-state index < -0.39 is 0 Å². The topological polar surface area (TPSA) is 25.8 Å². The second kappa shape index (κ2) is 12.3. The summed E-state index contributed by atoms with van der Waals surface area (Å²) < 4.78 is 0. The Morgan fingerprint density at radius 3 is 1.62 bits per heavy atom. The van der Waals surface area contributed by atoms with Gasteiger partial charge in [-0.15, -0.1) is 0 Å². The maximum Gasteiger partial charge on any atom is 0.160 e. The Morgan fingerprint density at radius 2 is 0.887 bits per heavy atom. The molecular formula is C51H36N2. The fourth-order valence-corrected chi connectivity index (χ4v) is 8.22. The van der Waals surface area contributed by atoms with Crippen LogP contribution >= 0.6 is 0 Å². The molecule has 53 heavy (non-hydrogen) atoms. The van der Waals surface area contributed by atoms with Crippen LogP contribution in [0.15, 0.2) is 182 Å². The molecule has 10 rings (SSSR count). The highest BCUT2D eigenvalue weighted by Crippen LogP contribution is 2.52. The smallest absolute Gasteiger partial charge is 0.160 e. The molecule has 1 aromatic heterocycles. The molecule has 0 unspecified atom stereocenters. The minimum absolute atomic E-state index is 0.312. The summed E-state index contributed by atoms with van der Waals surface area (Å²) in [4.78, 5) is 11.0. The van der Waals surface area contributed by atoms with Crippen LogP contribution in [0.4, 0.5) is 0 Å². The van der Waals surface area contributed by atoms with E-state index in [0.29, 0.717) is 0 Å². The van der Waals surface area contributed by atoms with Crippen molar-refractivity contribution in [2.75, 3.05) is 0 Å². The van der Waals surface area contributed by atoms with Crippen molar-refractivity contribution in [1.82, 2.24) is 9.97 Å². The van der Waals surface area contributed by atoms with Gasteiger partial charge in [0.2, 0.25) is 0 Å². The summed E-state index contributed by atoms with van der Waals surface area (Å²) in [5.74, 6) is 0.757. The normalized spacial score (nSPS) is 12.9. The lowest BCUT2D eigenvalue weighted by Crippen LogP contribution is -2.17. The number of hydrogen-bond donors (Lipinski definition) is 0. The van der Waals surface area contributed by atoms with Crippen molar-refractivity contribution >= 4 is 21.5 Å². The quantitative estimate of drug-likeness (QED) is 0.181. The number of nitrogens with zero attached hydrogens (tertiary/aromatic N) is 2. The molecule has 1 aliphatic rings. The van der Waals surface area contributed by atoms with Gasteiger partial charge in [-0.3, -0.25) is 0 Å². The van der Waals surface area contributed by atoms with Crippen molar-refractivity contribution in [3.63, 3.8) is 0 Å². The Hall–Kier alpha value is -6.64. The molecule has 0 saturated carbocycles. The molecule has 2 heteroatoms. The van der Waals surface area contributed by atoms with Crippen molar-refractivity contribution in [3.8, 4) is 67.2 Å². The fourth-order valence-electron chi connectivity index (χ4n) is 8.22. The van der Waals surface area contributed by atoms with Crippen molar-refractivity contribution < 1.29 is 0 Å². The van der Waals surface area contributed by atoms with E-state index in [1.807, 2.05) is 0 Å². The van der Waals surface area contributed by atoms with Crippen molar-refractivity contribution in [2.45, 2.75) is 19.3 Å². The summed E-state index contributed by atoms with van der Waals surface area (Å²) >= 11 is 0. The minimum atomic E-state index is -0.312. The van der Waals surface area contributed by atoms with E-state index in [-0.39, 0.29) is 5.41 Å². The van der Waals surface area contributed by atoms with Crippen LogP contribution in [0.1, 0.15) is 25.1 Å². The molecule has 2 nitrogen and oxygen atoms in total. The van der Waals surface area contributed by atoms with E-state index >= 15 is 0 Å². The van der Waals surface area contributed by atoms with Gasteiger partial charge >= 0.3 is 0 Å². The van der Waals surface area contributed by atoms with Gasteiger partial charge in [0.1, 0.15) is 0 Å². The first-order valence-corrected chi connectivity index (χ1v) is 18.3. The Labute approximate surface area is 310 Å². The van der Waals surface area contributed by atoms with E-state index in [0.717, 1.165) is 44.9 Å². The Balaban J connectivity index is 1.13. The van der Waals surface area contributed by atoms with Crippen LogP contribution in [0, 0.1) is 0 Å². The van der Waals surface area contributed by atoms with E-state index in [1.165, 1.54) is 55.1 Å². The highest BCUT2D eigenvalue weighted by Gasteiger charge is 2.40. The average molecular weight is 677 g/mol. The molecule has 250 valence electrons. The molecule has 0 fully saturated rings. The molecule has 1 aliphatic carbocycles. The Morgan fingerprint density at radius 1 is 0.377 bits per heavy atom. The Bertz CT molecular complexity index is 2840. The molecule has 9 aromatic rings. The summed E-state index contributed by atoms with van der Waals surface area (Å²) in [6, 6.07) is 65.5. The highest BCUT2D eigenvalue weighted by molar-refractivity contribution is 6.00. The SMILES string of the molecule is CC1(C)c2cc3ccccc3cc2-c2c(-c3cccc(-c4cccc(-c5ccc(-c6ccccc6)cc5)c4)c3)nc(-c3cccc4ccccc34)nc21. The fraction of sp³-hybridized carbons (Fsp3) is 0.0588. The molecule has 1 heterocycles. The molecular weight excluding hydrogens is 641 g/mol. The first-order chi connectivity index (χ1) is 26.0. The van der Waals surface area contributed by atoms with Gasteiger partial charge in [0.15, 0.2) is 5.82 Å².